The summed E-state index contributed by atoms with van der Waals surface area (Å²) in [6.45, 7) is 1.91. The Morgan fingerprint density at radius 2 is 1.59 bits per heavy atom. The fourth-order valence-electron chi connectivity index (χ4n) is 2.67. The van der Waals surface area contributed by atoms with Crippen molar-refractivity contribution in [3.8, 4) is 0 Å². The molecule has 0 spiro atoms. The first-order valence-electron chi connectivity index (χ1n) is 8.48. The van der Waals surface area contributed by atoms with Gasteiger partial charge in [-0.3, -0.25) is 9.59 Å². The lowest BCUT2D eigenvalue weighted by Gasteiger charge is -2.07. The van der Waals surface area contributed by atoms with Crippen LogP contribution in [0.2, 0.25) is 5.02 Å². The highest BCUT2D eigenvalue weighted by molar-refractivity contribution is 6.34. The number of benzene rings is 3. The molecule has 0 fully saturated rings. The van der Waals surface area contributed by atoms with Gasteiger partial charge in [0, 0.05) is 11.3 Å². The minimum absolute atomic E-state index is 0.0568. The first-order valence-corrected chi connectivity index (χ1v) is 8.86. The fourth-order valence-corrected chi connectivity index (χ4v) is 2.90. The number of amides is 1. The molecule has 0 radical (unpaired) electrons. The van der Waals surface area contributed by atoms with Crippen molar-refractivity contribution in [3.05, 3.63) is 106 Å². The maximum Gasteiger partial charge on any atom is 0.257 e. The molecule has 4 heteroatoms. The normalized spacial score (nSPS) is 10.7. The van der Waals surface area contributed by atoms with E-state index in [1.165, 1.54) is 6.08 Å². The zero-order valence-corrected chi connectivity index (χ0v) is 15.5. The van der Waals surface area contributed by atoms with Crippen molar-refractivity contribution in [2.24, 2.45) is 0 Å². The van der Waals surface area contributed by atoms with Crippen molar-refractivity contribution in [1.29, 1.82) is 0 Å². The van der Waals surface area contributed by atoms with E-state index in [4.69, 9.17) is 11.6 Å². The lowest BCUT2D eigenvalue weighted by atomic mass is 10.0. The van der Waals surface area contributed by atoms with Gasteiger partial charge < -0.3 is 5.32 Å². The van der Waals surface area contributed by atoms with E-state index in [0.717, 1.165) is 11.1 Å². The number of hydrogen-bond donors (Lipinski definition) is 1. The summed E-state index contributed by atoms with van der Waals surface area (Å²) >= 11 is 6.06. The number of ketones is 1. The molecule has 3 nitrogen and oxygen atoms in total. The zero-order valence-electron chi connectivity index (χ0n) is 14.8. The predicted molar refractivity (Wildman–Crippen MR) is 110 cm³/mol. The molecule has 27 heavy (non-hydrogen) atoms. The Balaban J connectivity index is 1.74. The van der Waals surface area contributed by atoms with Gasteiger partial charge in [-0.1, -0.05) is 66.2 Å². The summed E-state index contributed by atoms with van der Waals surface area (Å²) in [7, 11) is 0. The highest BCUT2D eigenvalue weighted by Crippen LogP contribution is 2.18. The molecule has 0 atom stereocenters. The van der Waals surface area contributed by atoms with Gasteiger partial charge in [0.25, 0.3) is 5.91 Å². The Labute approximate surface area is 163 Å². The van der Waals surface area contributed by atoms with Crippen LogP contribution in [0.1, 0.15) is 31.8 Å². The number of halogens is 1. The molecule has 0 aliphatic carbocycles. The van der Waals surface area contributed by atoms with E-state index in [-0.39, 0.29) is 11.7 Å². The molecule has 3 rings (SSSR count). The Hall–Kier alpha value is -3.17. The summed E-state index contributed by atoms with van der Waals surface area (Å²) in [5.41, 5.74) is 3.47. The predicted octanol–water partition coefficient (Wildman–Crippen LogP) is 5.80. The second-order valence-corrected chi connectivity index (χ2v) is 6.48. The maximum atomic E-state index is 12.4. The Morgan fingerprint density at radius 1 is 0.889 bits per heavy atom. The number of rotatable bonds is 5. The van der Waals surface area contributed by atoms with Gasteiger partial charge in [0.05, 0.1) is 10.6 Å². The van der Waals surface area contributed by atoms with E-state index < -0.39 is 0 Å². The molecule has 0 aromatic heterocycles. The molecule has 0 unspecified atom stereocenters. The Kier molecular flexibility index (Phi) is 5.84. The number of carbonyl (C=O) groups is 2. The Bertz CT molecular complexity index is 1020. The van der Waals surface area contributed by atoms with Crippen LogP contribution in [0, 0.1) is 6.92 Å². The average Bonchev–Trinajstić information content (AvgIpc) is 2.67. The van der Waals surface area contributed by atoms with E-state index >= 15 is 0 Å². The van der Waals surface area contributed by atoms with E-state index in [1.54, 1.807) is 42.5 Å². The topological polar surface area (TPSA) is 46.2 Å². The lowest BCUT2D eigenvalue weighted by Crippen LogP contribution is -2.12. The molecule has 134 valence electrons. The number of anilines is 1. The van der Waals surface area contributed by atoms with Crippen molar-refractivity contribution < 1.29 is 9.59 Å². The molecule has 3 aromatic carbocycles. The van der Waals surface area contributed by atoms with Gasteiger partial charge in [-0.15, -0.1) is 0 Å². The van der Waals surface area contributed by atoms with Gasteiger partial charge in [-0.2, -0.15) is 0 Å². The van der Waals surface area contributed by atoms with Gasteiger partial charge in [-0.25, -0.2) is 0 Å². The third kappa shape index (κ3) is 4.72. The third-order valence-corrected chi connectivity index (χ3v) is 4.43. The monoisotopic (exact) mass is 375 g/mol. The zero-order chi connectivity index (χ0) is 19.2. The highest BCUT2D eigenvalue weighted by atomic mass is 35.5. The van der Waals surface area contributed by atoms with Crippen LogP contribution >= 0.6 is 11.6 Å². The largest absolute Gasteiger partial charge is 0.322 e. The van der Waals surface area contributed by atoms with Crippen molar-refractivity contribution in [2.75, 3.05) is 5.32 Å². The van der Waals surface area contributed by atoms with Crippen molar-refractivity contribution >= 4 is 35.1 Å². The van der Waals surface area contributed by atoms with Gasteiger partial charge in [0.2, 0.25) is 0 Å². The number of hydrogen-bond acceptors (Lipinski definition) is 2. The van der Waals surface area contributed by atoms with E-state index in [2.05, 4.69) is 5.32 Å². The van der Waals surface area contributed by atoms with Crippen LogP contribution in [-0.4, -0.2) is 11.7 Å². The number of allylic oxidation sites excluding steroid dienone is 1. The van der Waals surface area contributed by atoms with Crippen LogP contribution in [0.4, 0.5) is 5.69 Å². The number of aryl methyl sites for hydroxylation is 1. The Morgan fingerprint density at radius 3 is 2.33 bits per heavy atom. The minimum Gasteiger partial charge on any atom is -0.322 e. The summed E-state index contributed by atoms with van der Waals surface area (Å²) in [5.74, 6) is -0.337. The van der Waals surface area contributed by atoms with Crippen LogP contribution in [-0.2, 0) is 0 Å². The molecule has 0 heterocycles. The summed E-state index contributed by atoms with van der Waals surface area (Å²) in [4.78, 5) is 24.7. The molecule has 0 saturated heterocycles. The SMILES string of the molecule is Cc1ccccc1C(=O)/C=C/c1cccc(NC(=O)c2ccccc2Cl)c1. The highest BCUT2D eigenvalue weighted by Gasteiger charge is 2.10. The van der Waals surface area contributed by atoms with Gasteiger partial charge in [-0.05, 0) is 48.4 Å². The number of carbonyl (C=O) groups excluding carboxylic acids is 2. The van der Waals surface area contributed by atoms with Gasteiger partial charge >= 0.3 is 0 Å². The minimum atomic E-state index is -0.280. The van der Waals surface area contributed by atoms with Crippen molar-refractivity contribution in [2.45, 2.75) is 6.92 Å². The fraction of sp³-hybridized carbons (Fsp3) is 0.0435. The second kappa shape index (κ2) is 8.47. The third-order valence-electron chi connectivity index (χ3n) is 4.10. The second-order valence-electron chi connectivity index (χ2n) is 6.07. The van der Waals surface area contributed by atoms with Crippen molar-refractivity contribution in [1.82, 2.24) is 0 Å². The van der Waals surface area contributed by atoms with Crippen LogP contribution in [0.5, 0.6) is 0 Å². The molecule has 1 amide bonds. The van der Waals surface area contributed by atoms with E-state index in [9.17, 15) is 9.59 Å². The maximum absolute atomic E-state index is 12.4. The van der Waals surface area contributed by atoms with E-state index in [1.807, 2.05) is 43.3 Å². The molecule has 1 N–H and O–H groups in total. The molecular formula is C23H18ClNO2. The van der Waals surface area contributed by atoms with Crippen LogP contribution in [0.25, 0.3) is 6.08 Å². The summed E-state index contributed by atoms with van der Waals surface area (Å²) in [6.07, 6.45) is 3.28. The quantitative estimate of drug-likeness (QED) is 0.452. The summed E-state index contributed by atoms with van der Waals surface area (Å²) in [6, 6.07) is 21.6. The molecule has 0 aliphatic rings. The molecule has 0 aliphatic heterocycles. The number of nitrogens with one attached hydrogen (secondary N) is 1. The molecule has 0 bridgehead atoms. The summed E-state index contributed by atoms with van der Waals surface area (Å²) in [5, 5.41) is 3.22. The van der Waals surface area contributed by atoms with Crippen LogP contribution < -0.4 is 5.32 Å². The average molecular weight is 376 g/mol. The first-order chi connectivity index (χ1) is 13.0. The van der Waals surface area contributed by atoms with E-state index in [0.29, 0.717) is 21.8 Å². The molecule has 3 aromatic rings. The lowest BCUT2D eigenvalue weighted by molar-refractivity contribution is 0.102. The first kappa shape index (κ1) is 18.6. The van der Waals surface area contributed by atoms with Crippen molar-refractivity contribution in [3.63, 3.8) is 0 Å². The smallest absolute Gasteiger partial charge is 0.257 e. The molecular weight excluding hydrogens is 358 g/mol. The van der Waals surface area contributed by atoms with Gasteiger partial charge in [0.15, 0.2) is 5.78 Å². The summed E-state index contributed by atoms with van der Waals surface area (Å²) < 4.78 is 0. The molecule has 0 saturated carbocycles. The standard InChI is InChI=1S/C23H18ClNO2/c1-16-7-2-3-10-19(16)22(26)14-13-17-8-6-9-18(15-17)25-23(27)20-11-4-5-12-21(20)24/h2-15H,1H3,(H,25,27)/b14-13+. The van der Waals surface area contributed by atoms with Crippen LogP contribution in [0.3, 0.4) is 0 Å². The van der Waals surface area contributed by atoms with Gasteiger partial charge in [0.1, 0.15) is 0 Å². The van der Waals surface area contributed by atoms with Crippen LogP contribution in [0.15, 0.2) is 78.9 Å².